The molecule has 19 heavy (non-hydrogen) atoms. The summed E-state index contributed by atoms with van der Waals surface area (Å²) in [6.45, 7) is 7.24. The number of carbonyl (C=O) groups excluding carboxylic acids is 2. The van der Waals surface area contributed by atoms with Crippen LogP contribution in [0.1, 0.15) is 46.5 Å². The monoisotopic (exact) mass is 270 g/mol. The maximum absolute atomic E-state index is 12.1. The van der Waals surface area contributed by atoms with Crippen LogP contribution in [0, 0.1) is 5.41 Å². The lowest BCUT2D eigenvalue weighted by atomic mass is 9.91. The molecule has 1 atom stereocenters. The lowest BCUT2D eigenvalue weighted by Crippen LogP contribution is -2.49. The molecule has 5 nitrogen and oxygen atoms in total. The van der Waals surface area contributed by atoms with Gasteiger partial charge in [0.05, 0.1) is 6.10 Å². The van der Waals surface area contributed by atoms with Gasteiger partial charge in [-0.25, -0.2) is 0 Å². The Bertz CT molecular complexity index is 310. The van der Waals surface area contributed by atoms with E-state index in [9.17, 15) is 9.59 Å². The van der Waals surface area contributed by atoms with Crippen molar-refractivity contribution >= 4 is 11.8 Å². The van der Waals surface area contributed by atoms with E-state index in [1.165, 1.54) is 0 Å². The first-order valence-electron chi connectivity index (χ1n) is 7.16. The normalized spacial score (nSPS) is 19.2. The second kappa shape index (κ2) is 7.48. The van der Waals surface area contributed by atoms with Crippen LogP contribution in [0.3, 0.4) is 0 Å². The fourth-order valence-electron chi connectivity index (χ4n) is 1.94. The summed E-state index contributed by atoms with van der Waals surface area (Å²) in [6.07, 6.45) is 4.07. The molecule has 2 N–H and O–H groups in total. The molecule has 110 valence electrons. The molecular weight excluding hydrogens is 244 g/mol. The highest BCUT2D eigenvalue weighted by molar-refractivity contribution is 6.04. The van der Waals surface area contributed by atoms with E-state index < -0.39 is 5.41 Å². The van der Waals surface area contributed by atoms with E-state index in [-0.39, 0.29) is 17.9 Å². The van der Waals surface area contributed by atoms with E-state index in [1.807, 2.05) is 0 Å². The van der Waals surface area contributed by atoms with Crippen LogP contribution in [0.5, 0.6) is 0 Å². The molecule has 1 aliphatic rings. The summed E-state index contributed by atoms with van der Waals surface area (Å²) >= 11 is 0. The summed E-state index contributed by atoms with van der Waals surface area (Å²) in [4.78, 5) is 24.0. The zero-order chi connectivity index (χ0) is 14.3. The van der Waals surface area contributed by atoms with E-state index in [2.05, 4.69) is 17.6 Å². The molecule has 1 heterocycles. The van der Waals surface area contributed by atoms with E-state index in [4.69, 9.17) is 4.74 Å². The highest BCUT2D eigenvalue weighted by atomic mass is 16.5. The maximum Gasteiger partial charge on any atom is 0.235 e. The third kappa shape index (κ3) is 4.82. The highest BCUT2D eigenvalue weighted by Crippen LogP contribution is 2.16. The minimum Gasteiger partial charge on any atom is -0.376 e. The molecule has 2 amide bonds. The molecule has 1 aliphatic heterocycles. The number of hydrogen-bond acceptors (Lipinski definition) is 3. The Morgan fingerprint density at radius 3 is 2.53 bits per heavy atom. The Balaban J connectivity index is 2.36. The van der Waals surface area contributed by atoms with Crippen LogP contribution in [0.2, 0.25) is 0 Å². The highest BCUT2D eigenvalue weighted by Gasteiger charge is 2.36. The molecule has 0 aromatic carbocycles. The first-order chi connectivity index (χ1) is 8.98. The van der Waals surface area contributed by atoms with Gasteiger partial charge < -0.3 is 15.4 Å². The van der Waals surface area contributed by atoms with E-state index in [1.54, 1.807) is 13.8 Å². The molecule has 1 saturated heterocycles. The molecule has 5 heteroatoms. The zero-order valence-electron chi connectivity index (χ0n) is 12.3. The number of amides is 2. The number of unbranched alkanes of at least 4 members (excludes halogenated alkanes) is 1. The van der Waals surface area contributed by atoms with Gasteiger partial charge in [-0.05, 0) is 33.1 Å². The summed E-state index contributed by atoms with van der Waals surface area (Å²) in [6, 6.07) is 0. The standard InChI is InChI=1S/C14H26N2O3/c1-4-5-8-15-12(17)14(2,3)13(18)16-10-11-7-6-9-19-11/h11H,4-10H2,1-3H3,(H,15,17)(H,16,18). The molecular formula is C14H26N2O3. The SMILES string of the molecule is CCCCNC(=O)C(C)(C)C(=O)NCC1CCCO1. The van der Waals surface area contributed by atoms with Gasteiger partial charge in [0.1, 0.15) is 5.41 Å². The summed E-state index contributed by atoms with van der Waals surface area (Å²) in [7, 11) is 0. The maximum atomic E-state index is 12.1. The van der Waals surface area contributed by atoms with Crippen molar-refractivity contribution in [1.29, 1.82) is 0 Å². The van der Waals surface area contributed by atoms with Crippen LogP contribution in [0.15, 0.2) is 0 Å². The Morgan fingerprint density at radius 1 is 1.26 bits per heavy atom. The van der Waals surface area contributed by atoms with Gasteiger partial charge in [-0.15, -0.1) is 0 Å². The second-order valence-electron chi connectivity index (χ2n) is 5.58. The predicted octanol–water partition coefficient (Wildman–Crippen LogP) is 1.22. The molecule has 1 rings (SSSR count). The van der Waals surface area contributed by atoms with Crippen LogP contribution >= 0.6 is 0 Å². The van der Waals surface area contributed by atoms with Crippen LogP contribution in [0.4, 0.5) is 0 Å². The Morgan fingerprint density at radius 2 is 1.95 bits per heavy atom. The summed E-state index contributed by atoms with van der Waals surface area (Å²) in [5, 5.41) is 5.61. The van der Waals surface area contributed by atoms with E-state index >= 15 is 0 Å². The summed E-state index contributed by atoms with van der Waals surface area (Å²) in [5.74, 6) is -0.456. The molecule has 0 saturated carbocycles. The van der Waals surface area contributed by atoms with Crippen LogP contribution in [-0.4, -0.2) is 37.6 Å². The number of hydrogen-bond donors (Lipinski definition) is 2. The average molecular weight is 270 g/mol. The van der Waals surface area contributed by atoms with E-state index in [0.717, 1.165) is 32.3 Å². The summed E-state index contributed by atoms with van der Waals surface area (Å²) < 4.78 is 5.44. The zero-order valence-corrected chi connectivity index (χ0v) is 12.3. The van der Waals surface area contributed by atoms with Gasteiger partial charge in [-0.3, -0.25) is 9.59 Å². The number of ether oxygens (including phenoxy) is 1. The largest absolute Gasteiger partial charge is 0.376 e. The Hall–Kier alpha value is -1.10. The average Bonchev–Trinajstić information content (AvgIpc) is 2.89. The van der Waals surface area contributed by atoms with Crippen molar-refractivity contribution in [3.8, 4) is 0 Å². The van der Waals surface area contributed by atoms with Crippen molar-refractivity contribution in [3.63, 3.8) is 0 Å². The lowest BCUT2D eigenvalue weighted by molar-refractivity contribution is -0.141. The molecule has 0 aliphatic carbocycles. The number of rotatable bonds is 7. The first-order valence-corrected chi connectivity index (χ1v) is 7.16. The van der Waals surface area contributed by atoms with Gasteiger partial charge in [-0.1, -0.05) is 13.3 Å². The van der Waals surface area contributed by atoms with Crippen molar-refractivity contribution in [2.75, 3.05) is 19.7 Å². The Labute approximate surface area is 115 Å². The summed E-state index contributed by atoms with van der Waals surface area (Å²) in [5.41, 5.74) is -1.04. The fourth-order valence-corrected chi connectivity index (χ4v) is 1.94. The van der Waals surface area contributed by atoms with Gasteiger partial charge in [-0.2, -0.15) is 0 Å². The van der Waals surface area contributed by atoms with Crippen molar-refractivity contribution in [2.24, 2.45) is 5.41 Å². The Kier molecular flexibility index (Phi) is 6.28. The minimum absolute atomic E-state index is 0.0999. The smallest absolute Gasteiger partial charge is 0.235 e. The van der Waals surface area contributed by atoms with Gasteiger partial charge in [0, 0.05) is 19.7 Å². The predicted molar refractivity (Wildman–Crippen MR) is 73.7 cm³/mol. The van der Waals surface area contributed by atoms with Gasteiger partial charge in [0.25, 0.3) is 0 Å². The van der Waals surface area contributed by atoms with Crippen LogP contribution in [0.25, 0.3) is 0 Å². The lowest BCUT2D eigenvalue weighted by Gasteiger charge is -2.23. The first kappa shape index (κ1) is 16.0. The van der Waals surface area contributed by atoms with Gasteiger partial charge in [0.15, 0.2) is 0 Å². The van der Waals surface area contributed by atoms with Gasteiger partial charge >= 0.3 is 0 Å². The fraction of sp³-hybridized carbons (Fsp3) is 0.857. The van der Waals surface area contributed by atoms with Gasteiger partial charge in [0.2, 0.25) is 11.8 Å². The molecule has 0 aromatic heterocycles. The van der Waals surface area contributed by atoms with Crippen LogP contribution < -0.4 is 10.6 Å². The van der Waals surface area contributed by atoms with Crippen molar-refractivity contribution in [1.82, 2.24) is 10.6 Å². The van der Waals surface area contributed by atoms with Crippen molar-refractivity contribution < 1.29 is 14.3 Å². The second-order valence-corrected chi connectivity index (χ2v) is 5.58. The number of nitrogens with one attached hydrogen (secondary N) is 2. The van der Waals surface area contributed by atoms with Crippen molar-refractivity contribution in [3.05, 3.63) is 0 Å². The molecule has 0 radical (unpaired) electrons. The minimum atomic E-state index is -1.04. The molecule has 0 aromatic rings. The molecule has 1 unspecified atom stereocenters. The topological polar surface area (TPSA) is 67.4 Å². The molecule has 1 fully saturated rings. The van der Waals surface area contributed by atoms with Crippen LogP contribution in [-0.2, 0) is 14.3 Å². The van der Waals surface area contributed by atoms with Crippen molar-refractivity contribution in [2.45, 2.75) is 52.6 Å². The third-order valence-corrected chi connectivity index (χ3v) is 3.47. The third-order valence-electron chi connectivity index (χ3n) is 3.47. The number of carbonyl (C=O) groups is 2. The molecule has 0 bridgehead atoms. The quantitative estimate of drug-likeness (QED) is 0.540. The van der Waals surface area contributed by atoms with E-state index in [0.29, 0.717) is 13.1 Å². The molecule has 0 spiro atoms.